The lowest BCUT2D eigenvalue weighted by Crippen LogP contribution is -2.43. The van der Waals surface area contributed by atoms with Gasteiger partial charge in [-0.15, -0.1) is 0 Å². The van der Waals surface area contributed by atoms with Crippen LogP contribution in [0.25, 0.3) is 22.3 Å². The molecule has 2 aliphatic rings. The number of fused-ring (bicyclic) bond motifs is 1. The largest absolute Gasteiger partial charge is 0.493 e. The van der Waals surface area contributed by atoms with Crippen molar-refractivity contribution in [2.75, 3.05) is 6.61 Å². The van der Waals surface area contributed by atoms with Gasteiger partial charge in [0.1, 0.15) is 23.3 Å². The number of nitrogens with one attached hydrogen (secondary N) is 3. The zero-order valence-electron chi connectivity index (χ0n) is 20.9. The van der Waals surface area contributed by atoms with E-state index < -0.39 is 6.43 Å². The van der Waals surface area contributed by atoms with Crippen molar-refractivity contribution >= 4 is 22.8 Å². The van der Waals surface area contributed by atoms with Crippen molar-refractivity contribution in [2.24, 2.45) is 5.92 Å². The second-order valence-electron chi connectivity index (χ2n) is 10.1. The van der Waals surface area contributed by atoms with Gasteiger partial charge < -0.3 is 20.4 Å². The number of ether oxygens (including phenoxy) is 1. The Kier molecular flexibility index (Phi) is 7.08. The van der Waals surface area contributed by atoms with Gasteiger partial charge in [0.25, 0.3) is 12.3 Å². The molecule has 0 aliphatic heterocycles. The summed E-state index contributed by atoms with van der Waals surface area (Å²) in [6.45, 7) is 3.82. The number of amides is 2. The Bertz CT molecular complexity index is 1310. The predicted octanol–water partition coefficient (Wildman–Crippen LogP) is 4.84. The van der Waals surface area contributed by atoms with Gasteiger partial charge in [-0.1, -0.05) is 0 Å². The van der Waals surface area contributed by atoms with Crippen molar-refractivity contribution in [2.45, 2.75) is 70.9 Å². The molecule has 0 radical (unpaired) electrons. The molecule has 0 bridgehead atoms. The maximum atomic E-state index is 13.6. The third kappa shape index (κ3) is 5.57. The molecule has 8 nitrogen and oxygen atoms in total. The maximum Gasteiger partial charge on any atom is 0.263 e. The summed E-state index contributed by atoms with van der Waals surface area (Å²) < 4.78 is 33.1. The third-order valence-electron chi connectivity index (χ3n) is 7.15. The zero-order valence-corrected chi connectivity index (χ0v) is 20.9. The van der Waals surface area contributed by atoms with E-state index in [-0.39, 0.29) is 29.5 Å². The lowest BCUT2D eigenvalue weighted by molar-refractivity contribution is -0.119. The number of nitrogens with zero attached hydrogens (tertiary/aromatic N) is 2. The summed E-state index contributed by atoms with van der Waals surface area (Å²) in [5, 5.41) is 6.05. The van der Waals surface area contributed by atoms with E-state index in [1.807, 2.05) is 0 Å². The van der Waals surface area contributed by atoms with E-state index in [1.165, 1.54) is 25.4 Å². The molecule has 1 aromatic carbocycles. The number of alkyl halides is 2. The number of benzene rings is 1. The van der Waals surface area contributed by atoms with E-state index in [0.29, 0.717) is 51.8 Å². The van der Waals surface area contributed by atoms with Gasteiger partial charge >= 0.3 is 0 Å². The lowest BCUT2D eigenvalue weighted by atomic mass is 9.91. The van der Waals surface area contributed by atoms with Crippen molar-refractivity contribution < 1.29 is 23.1 Å². The first-order chi connectivity index (χ1) is 17.8. The summed E-state index contributed by atoms with van der Waals surface area (Å²) in [5.41, 5.74) is 2.69. The molecule has 2 saturated carbocycles. The van der Waals surface area contributed by atoms with Crippen LogP contribution in [0.4, 0.5) is 8.78 Å². The van der Waals surface area contributed by atoms with Gasteiger partial charge in [-0.05, 0) is 69.6 Å². The molecule has 10 heteroatoms. The topological polar surface area (TPSA) is 109 Å². The van der Waals surface area contributed by atoms with Crippen molar-refractivity contribution in [3.05, 3.63) is 41.3 Å². The first kappa shape index (κ1) is 25.1. The van der Waals surface area contributed by atoms with Gasteiger partial charge in [0.2, 0.25) is 5.91 Å². The number of hydrogen-bond donors (Lipinski definition) is 3. The highest BCUT2D eigenvalue weighted by molar-refractivity contribution is 6.09. The Morgan fingerprint density at radius 2 is 1.78 bits per heavy atom. The fraction of sp³-hybridized carbons (Fsp3) is 0.481. The SMILES string of the molecule is CC(=O)N[C@H]1CC[C@H](NC(=O)c2c(C)[nH]c3c(-c4cc(C(F)F)ccc4OCC4CC4)ncnc23)CC1. The fourth-order valence-corrected chi connectivity index (χ4v) is 5.02. The second kappa shape index (κ2) is 10.4. The van der Waals surface area contributed by atoms with E-state index >= 15 is 0 Å². The summed E-state index contributed by atoms with van der Waals surface area (Å²) >= 11 is 0. The minimum atomic E-state index is -2.64. The van der Waals surface area contributed by atoms with E-state index in [9.17, 15) is 18.4 Å². The van der Waals surface area contributed by atoms with Crippen LogP contribution in [0.2, 0.25) is 0 Å². The number of halogens is 2. The Hall–Kier alpha value is -3.56. The molecule has 2 fully saturated rings. The van der Waals surface area contributed by atoms with E-state index in [4.69, 9.17) is 4.74 Å². The molecule has 2 heterocycles. The molecule has 0 saturated heterocycles. The Labute approximate surface area is 213 Å². The molecule has 2 aromatic heterocycles. The summed E-state index contributed by atoms with van der Waals surface area (Å²) in [4.78, 5) is 36.7. The molecule has 2 amide bonds. The quantitative estimate of drug-likeness (QED) is 0.401. The first-order valence-corrected chi connectivity index (χ1v) is 12.8. The van der Waals surface area contributed by atoms with Crippen LogP contribution >= 0.6 is 0 Å². The number of aryl methyl sites for hydroxylation is 1. The maximum absolute atomic E-state index is 13.6. The van der Waals surface area contributed by atoms with Gasteiger partial charge in [0, 0.05) is 35.8 Å². The average Bonchev–Trinajstić information content (AvgIpc) is 3.63. The Morgan fingerprint density at radius 3 is 2.43 bits per heavy atom. The van der Waals surface area contributed by atoms with E-state index in [0.717, 1.165) is 38.5 Å². The summed E-state index contributed by atoms with van der Waals surface area (Å²) in [6.07, 6.45) is 4.04. The highest BCUT2D eigenvalue weighted by Crippen LogP contribution is 2.38. The van der Waals surface area contributed by atoms with E-state index in [1.54, 1.807) is 13.0 Å². The van der Waals surface area contributed by atoms with Gasteiger partial charge in [-0.2, -0.15) is 0 Å². The number of carbonyl (C=O) groups excluding carboxylic acids is 2. The molecule has 3 aromatic rings. The number of hydrogen-bond acceptors (Lipinski definition) is 5. The lowest BCUT2D eigenvalue weighted by Gasteiger charge is -2.29. The summed E-state index contributed by atoms with van der Waals surface area (Å²) in [6, 6.07) is 4.46. The molecular weight excluding hydrogens is 480 g/mol. The molecule has 5 rings (SSSR count). The Morgan fingerprint density at radius 1 is 1.08 bits per heavy atom. The van der Waals surface area contributed by atoms with Gasteiger partial charge in [0.05, 0.1) is 17.7 Å². The van der Waals surface area contributed by atoms with Crippen LogP contribution < -0.4 is 15.4 Å². The molecule has 196 valence electrons. The van der Waals surface area contributed by atoms with Crippen molar-refractivity contribution in [1.82, 2.24) is 25.6 Å². The van der Waals surface area contributed by atoms with Gasteiger partial charge in [0.15, 0.2) is 0 Å². The number of carbonyl (C=O) groups is 2. The highest BCUT2D eigenvalue weighted by Gasteiger charge is 2.27. The minimum Gasteiger partial charge on any atom is -0.493 e. The molecule has 0 unspecified atom stereocenters. The molecule has 2 aliphatic carbocycles. The van der Waals surface area contributed by atoms with Crippen LogP contribution in [-0.2, 0) is 4.79 Å². The molecular formula is C27H31F2N5O3. The van der Waals surface area contributed by atoms with Gasteiger partial charge in [-0.3, -0.25) is 9.59 Å². The van der Waals surface area contributed by atoms with Crippen molar-refractivity contribution in [3.8, 4) is 17.0 Å². The third-order valence-corrected chi connectivity index (χ3v) is 7.15. The number of rotatable bonds is 8. The monoisotopic (exact) mass is 511 g/mol. The van der Waals surface area contributed by atoms with E-state index in [2.05, 4.69) is 25.6 Å². The molecule has 0 spiro atoms. The van der Waals surface area contributed by atoms with Crippen molar-refractivity contribution in [3.63, 3.8) is 0 Å². The van der Waals surface area contributed by atoms with Gasteiger partial charge in [-0.25, -0.2) is 18.7 Å². The minimum absolute atomic E-state index is 0.00619. The molecule has 0 atom stereocenters. The van der Waals surface area contributed by atoms with Crippen LogP contribution in [0.1, 0.15) is 73.5 Å². The average molecular weight is 512 g/mol. The van der Waals surface area contributed by atoms with Crippen LogP contribution in [0, 0.1) is 12.8 Å². The number of aromatic amines is 1. The van der Waals surface area contributed by atoms with Crippen LogP contribution in [0.15, 0.2) is 24.5 Å². The predicted molar refractivity (Wildman–Crippen MR) is 135 cm³/mol. The number of aromatic nitrogens is 3. The van der Waals surface area contributed by atoms with Crippen LogP contribution in [0.5, 0.6) is 5.75 Å². The highest BCUT2D eigenvalue weighted by atomic mass is 19.3. The normalized spacial score (nSPS) is 19.7. The molecule has 37 heavy (non-hydrogen) atoms. The summed E-state index contributed by atoms with van der Waals surface area (Å²) in [7, 11) is 0. The smallest absolute Gasteiger partial charge is 0.263 e. The zero-order chi connectivity index (χ0) is 26.1. The van der Waals surface area contributed by atoms with Crippen LogP contribution in [-0.4, -0.2) is 45.5 Å². The standard InChI is InChI=1S/C27H31F2N5O3/c1-14-22(27(36)34-19-8-6-18(7-9-19)33-15(2)35)24-25(32-14)23(30-13-31-24)20-11-17(26(28)29)5-10-21(20)37-12-16-3-4-16/h5,10-11,13,16,18-19,26,32H,3-4,6-9,12H2,1-2H3,(H,33,35)(H,34,36)/t18-,19-. The van der Waals surface area contributed by atoms with Crippen LogP contribution in [0.3, 0.4) is 0 Å². The molecule has 3 N–H and O–H groups in total. The second-order valence-corrected chi connectivity index (χ2v) is 10.1. The fourth-order valence-electron chi connectivity index (χ4n) is 5.02. The first-order valence-electron chi connectivity index (χ1n) is 12.8. The summed E-state index contributed by atoms with van der Waals surface area (Å²) in [5.74, 6) is 0.676. The Balaban J connectivity index is 1.43. The van der Waals surface area contributed by atoms with Crippen molar-refractivity contribution in [1.29, 1.82) is 0 Å². The number of H-pyrrole nitrogens is 1.